The van der Waals surface area contributed by atoms with Gasteiger partial charge in [0.05, 0.1) is 17.1 Å². The summed E-state index contributed by atoms with van der Waals surface area (Å²) in [5.74, 6) is 0.847. The number of anilines is 2. The van der Waals surface area contributed by atoms with E-state index in [-0.39, 0.29) is 11.9 Å². The normalized spacial score (nSPS) is 12.0. The van der Waals surface area contributed by atoms with Gasteiger partial charge in [-0.25, -0.2) is 4.98 Å². The summed E-state index contributed by atoms with van der Waals surface area (Å²) in [6.07, 6.45) is 0. The Morgan fingerprint density at radius 2 is 1.73 bits per heavy atom. The molecule has 4 rings (SSSR count). The maximum absolute atomic E-state index is 11.2. The first-order valence-corrected chi connectivity index (χ1v) is 10.2. The van der Waals surface area contributed by atoms with E-state index in [4.69, 9.17) is 16.6 Å². The number of rotatable bonds is 6. The molecule has 4 aromatic rings. The summed E-state index contributed by atoms with van der Waals surface area (Å²) in [5.41, 5.74) is 4.86. The molecule has 0 bridgehead atoms. The number of carbonyl (C=O) groups is 1. The molecule has 152 valence electrons. The predicted molar refractivity (Wildman–Crippen MR) is 123 cm³/mol. The van der Waals surface area contributed by atoms with Crippen LogP contribution in [0.25, 0.3) is 11.0 Å². The van der Waals surface area contributed by atoms with Crippen molar-refractivity contribution in [2.75, 3.05) is 10.6 Å². The lowest BCUT2D eigenvalue weighted by Crippen LogP contribution is -2.14. The van der Waals surface area contributed by atoms with E-state index in [2.05, 4.69) is 34.3 Å². The summed E-state index contributed by atoms with van der Waals surface area (Å²) >= 11 is 6.21. The number of nitrogens with one attached hydrogen (secondary N) is 2. The lowest BCUT2D eigenvalue weighted by Gasteiger charge is -2.18. The topological polar surface area (TPSA) is 59.0 Å². The molecule has 2 N–H and O–H groups in total. The molecule has 5 nitrogen and oxygen atoms in total. The third-order valence-electron chi connectivity index (χ3n) is 4.90. The molecule has 0 aliphatic carbocycles. The van der Waals surface area contributed by atoms with Crippen LogP contribution in [0.4, 0.5) is 11.4 Å². The summed E-state index contributed by atoms with van der Waals surface area (Å²) in [4.78, 5) is 16.1. The van der Waals surface area contributed by atoms with Gasteiger partial charge in [-0.3, -0.25) is 4.79 Å². The van der Waals surface area contributed by atoms with Crippen molar-refractivity contribution in [1.82, 2.24) is 9.55 Å². The summed E-state index contributed by atoms with van der Waals surface area (Å²) in [6.45, 7) is 4.31. The number of halogens is 1. The average molecular weight is 419 g/mol. The van der Waals surface area contributed by atoms with E-state index in [1.54, 1.807) is 0 Å². The van der Waals surface area contributed by atoms with Crippen LogP contribution < -0.4 is 10.6 Å². The molecule has 30 heavy (non-hydrogen) atoms. The molecule has 0 aliphatic rings. The second-order valence-corrected chi connectivity index (χ2v) is 7.74. The van der Waals surface area contributed by atoms with E-state index in [1.165, 1.54) is 12.5 Å². The molecule has 0 spiro atoms. The lowest BCUT2D eigenvalue weighted by atomic mass is 10.2. The summed E-state index contributed by atoms with van der Waals surface area (Å²) in [5, 5.41) is 6.97. The highest BCUT2D eigenvalue weighted by Gasteiger charge is 2.17. The second kappa shape index (κ2) is 8.59. The minimum atomic E-state index is -0.0858. The van der Waals surface area contributed by atoms with Gasteiger partial charge in [-0.1, -0.05) is 41.9 Å². The van der Waals surface area contributed by atoms with Crippen molar-refractivity contribution in [3.63, 3.8) is 0 Å². The van der Waals surface area contributed by atoms with Crippen molar-refractivity contribution in [2.24, 2.45) is 0 Å². The molecular weight excluding hydrogens is 396 g/mol. The SMILES string of the molecule is CC(=O)Nc1ccc(N[C@@H](C)c2nc3cc(Cl)ccc3n2Cc2ccccc2)cc1. The van der Waals surface area contributed by atoms with Gasteiger partial charge < -0.3 is 15.2 Å². The maximum atomic E-state index is 11.2. The largest absolute Gasteiger partial charge is 0.375 e. The molecule has 6 heteroatoms. The Morgan fingerprint density at radius 1 is 1.03 bits per heavy atom. The summed E-state index contributed by atoms with van der Waals surface area (Å²) in [6, 6.07) is 23.8. The molecule has 1 heterocycles. The molecular formula is C24H23ClN4O. The number of fused-ring (bicyclic) bond motifs is 1. The zero-order valence-corrected chi connectivity index (χ0v) is 17.6. The van der Waals surface area contributed by atoms with Crippen LogP contribution in [0.1, 0.15) is 31.3 Å². The highest BCUT2D eigenvalue weighted by atomic mass is 35.5. The van der Waals surface area contributed by atoms with Crippen molar-refractivity contribution < 1.29 is 4.79 Å². The highest BCUT2D eigenvalue weighted by Crippen LogP contribution is 2.27. The van der Waals surface area contributed by atoms with Crippen LogP contribution in [0.5, 0.6) is 0 Å². The van der Waals surface area contributed by atoms with E-state index in [0.717, 1.165) is 34.8 Å². The number of aromatic nitrogens is 2. The van der Waals surface area contributed by atoms with Crippen LogP contribution in [0.2, 0.25) is 5.02 Å². The van der Waals surface area contributed by atoms with Crippen molar-refractivity contribution in [3.8, 4) is 0 Å². The Balaban J connectivity index is 1.65. The van der Waals surface area contributed by atoms with Crippen LogP contribution in [-0.2, 0) is 11.3 Å². The first kappa shape index (κ1) is 20.0. The van der Waals surface area contributed by atoms with E-state index in [0.29, 0.717) is 5.02 Å². The van der Waals surface area contributed by atoms with Crippen molar-refractivity contribution in [3.05, 3.63) is 89.2 Å². The highest BCUT2D eigenvalue weighted by molar-refractivity contribution is 6.31. The van der Waals surface area contributed by atoms with Gasteiger partial charge >= 0.3 is 0 Å². The average Bonchev–Trinajstić information content (AvgIpc) is 3.07. The van der Waals surface area contributed by atoms with E-state index >= 15 is 0 Å². The Hall–Kier alpha value is -3.31. The van der Waals surface area contributed by atoms with Gasteiger partial charge in [-0.05, 0) is 55.0 Å². The number of nitrogens with zero attached hydrogens (tertiary/aromatic N) is 2. The quantitative estimate of drug-likeness (QED) is 0.411. The molecule has 1 atom stereocenters. The first-order valence-electron chi connectivity index (χ1n) is 9.83. The van der Waals surface area contributed by atoms with Crippen LogP contribution in [0.15, 0.2) is 72.8 Å². The number of benzene rings is 3. The molecule has 0 fully saturated rings. The van der Waals surface area contributed by atoms with Crippen molar-refractivity contribution in [1.29, 1.82) is 0 Å². The maximum Gasteiger partial charge on any atom is 0.221 e. The standard InChI is InChI=1S/C24H23ClN4O/c1-16(26-20-9-11-21(12-10-20)27-17(2)30)24-28-22-14-19(25)8-13-23(22)29(24)15-18-6-4-3-5-7-18/h3-14,16,26H,15H2,1-2H3,(H,27,30)/t16-/m0/s1. The van der Waals surface area contributed by atoms with E-state index < -0.39 is 0 Å². The number of imidazole rings is 1. The molecule has 0 saturated heterocycles. The van der Waals surface area contributed by atoms with E-state index in [1.807, 2.05) is 60.7 Å². The van der Waals surface area contributed by atoms with Gasteiger partial charge in [-0.15, -0.1) is 0 Å². The lowest BCUT2D eigenvalue weighted by molar-refractivity contribution is -0.114. The zero-order valence-electron chi connectivity index (χ0n) is 16.9. The molecule has 0 saturated carbocycles. The molecule has 1 amide bonds. The number of hydrogen-bond acceptors (Lipinski definition) is 3. The number of hydrogen-bond donors (Lipinski definition) is 2. The zero-order chi connectivity index (χ0) is 21.1. The van der Waals surface area contributed by atoms with Crippen LogP contribution in [0.3, 0.4) is 0 Å². The van der Waals surface area contributed by atoms with Crippen LogP contribution >= 0.6 is 11.6 Å². The smallest absolute Gasteiger partial charge is 0.221 e. The monoisotopic (exact) mass is 418 g/mol. The third-order valence-corrected chi connectivity index (χ3v) is 5.13. The molecule has 0 aliphatic heterocycles. The predicted octanol–water partition coefficient (Wildman–Crippen LogP) is 5.87. The fourth-order valence-electron chi connectivity index (χ4n) is 3.55. The van der Waals surface area contributed by atoms with Gasteiger partial charge in [0.2, 0.25) is 5.91 Å². The number of amides is 1. The van der Waals surface area contributed by atoms with Gasteiger partial charge in [-0.2, -0.15) is 0 Å². The molecule has 0 unspecified atom stereocenters. The number of carbonyl (C=O) groups excluding carboxylic acids is 1. The third kappa shape index (κ3) is 4.47. The minimum absolute atomic E-state index is 0.0356. The molecule has 0 radical (unpaired) electrons. The minimum Gasteiger partial charge on any atom is -0.375 e. The summed E-state index contributed by atoms with van der Waals surface area (Å²) < 4.78 is 2.23. The Morgan fingerprint density at radius 3 is 2.43 bits per heavy atom. The Bertz CT molecular complexity index is 1170. The molecule has 3 aromatic carbocycles. The fourth-order valence-corrected chi connectivity index (χ4v) is 3.72. The Kier molecular flexibility index (Phi) is 5.72. The second-order valence-electron chi connectivity index (χ2n) is 7.30. The van der Waals surface area contributed by atoms with E-state index in [9.17, 15) is 4.79 Å². The van der Waals surface area contributed by atoms with Crippen LogP contribution in [0, 0.1) is 0 Å². The van der Waals surface area contributed by atoms with Gasteiger partial charge in [0.15, 0.2) is 0 Å². The Labute approximate surface area is 180 Å². The fraction of sp³-hybridized carbons (Fsp3) is 0.167. The van der Waals surface area contributed by atoms with Crippen LogP contribution in [-0.4, -0.2) is 15.5 Å². The summed E-state index contributed by atoms with van der Waals surface area (Å²) in [7, 11) is 0. The van der Waals surface area contributed by atoms with Gasteiger partial charge in [0.25, 0.3) is 0 Å². The first-order chi connectivity index (χ1) is 14.5. The van der Waals surface area contributed by atoms with Crippen molar-refractivity contribution >= 4 is 39.9 Å². The van der Waals surface area contributed by atoms with Gasteiger partial charge in [0.1, 0.15) is 5.82 Å². The van der Waals surface area contributed by atoms with Crippen molar-refractivity contribution in [2.45, 2.75) is 26.4 Å². The molecule has 1 aromatic heterocycles. The van der Waals surface area contributed by atoms with Gasteiger partial charge in [0, 0.05) is 29.9 Å².